The van der Waals surface area contributed by atoms with E-state index < -0.39 is 0 Å². The Bertz CT molecular complexity index is 1520. The second-order valence-corrected chi connectivity index (χ2v) is 9.38. The van der Waals surface area contributed by atoms with Crippen molar-refractivity contribution in [3.05, 3.63) is 51.1 Å². The Kier molecular flexibility index (Phi) is 5.37. The molecule has 3 aromatic rings. The molecule has 0 spiro atoms. The first-order chi connectivity index (χ1) is 14.8. The number of aromatic amines is 2. The van der Waals surface area contributed by atoms with Crippen LogP contribution in [0.25, 0.3) is 46.4 Å². The third kappa shape index (κ3) is 3.59. The summed E-state index contributed by atoms with van der Waals surface area (Å²) in [5, 5.41) is 11.8. The molecule has 11 heteroatoms. The van der Waals surface area contributed by atoms with E-state index in [0.29, 0.717) is 21.2 Å². The van der Waals surface area contributed by atoms with Gasteiger partial charge >= 0.3 is 0 Å². The van der Waals surface area contributed by atoms with Gasteiger partial charge in [-0.2, -0.15) is 0 Å². The van der Waals surface area contributed by atoms with Gasteiger partial charge in [-0.3, -0.25) is 20.1 Å². The van der Waals surface area contributed by atoms with Crippen LogP contribution < -0.4 is 17.7 Å². The summed E-state index contributed by atoms with van der Waals surface area (Å²) in [4.78, 5) is 27.4. The van der Waals surface area contributed by atoms with E-state index in [1.54, 1.807) is 6.07 Å². The molecule has 0 aromatic carbocycles. The first-order valence-electron chi connectivity index (χ1n) is 9.20. The maximum Gasteiger partial charge on any atom is 0.293 e. The van der Waals surface area contributed by atoms with E-state index in [2.05, 4.69) is 75.1 Å². The van der Waals surface area contributed by atoms with Crippen LogP contribution in [0.1, 0.15) is 22.8 Å². The van der Waals surface area contributed by atoms with Gasteiger partial charge < -0.3 is 9.97 Å². The lowest BCUT2D eigenvalue weighted by molar-refractivity contribution is -0.382. The predicted molar refractivity (Wildman–Crippen MR) is 127 cm³/mol. The highest BCUT2D eigenvalue weighted by Crippen LogP contribution is 2.21. The smallest absolute Gasteiger partial charge is 0.293 e. The highest BCUT2D eigenvalue weighted by molar-refractivity contribution is 6.43. The number of nitro groups is 1. The van der Waals surface area contributed by atoms with E-state index in [0.717, 1.165) is 41.4 Å². The van der Waals surface area contributed by atoms with Crippen molar-refractivity contribution in [2.24, 2.45) is 0 Å². The minimum absolute atomic E-state index is 0.00380. The van der Waals surface area contributed by atoms with Gasteiger partial charge in [0.2, 0.25) is 0 Å². The minimum atomic E-state index is -0.383. The number of nitrogens with zero attached hydrogens (tertiary/aromatic N) is 3. The minimum Gasteiger partial charge on any atom is -0.357 e. The molecule has 31 heavy (non-hydrogen) atoms. The standard InChI is InChI=1S/C20H9N5O2.4Al/c26-25(27)20-11-18-9-16-4-3-14(22-16)7-12-1-2-13(21-12)8-15-5-6-17(23-15)10-19(20)24-18;;;;/h1-6,11,22,24H;;;;. The molecule has 0 saturated heterocycles. The summed E-state index contributed by atoms with van der Waals surface area (Å²) in [6.07, 6.45) is 7.67. The Labute approximate surface area is 209 Å². The number of hydrogen-bond acceptors (Lipinski definition) is 4. The normalized spacial score (nSPS) is 12.4. The summed E-state index contributed by atoms with van der Waals surface area (Å²) < 4.78 is 3.19. The molecule has 0 fully saturated rings. The second-order valence-electron chi connectivity index (χ2n) is 7.07. The first kappa shape index (κ1) is 21.0. The van der Waals surface area contributed by atoms with E-state index in [1.165, 1.54) is 0 Å². The SMILES string of the molecule is O=[N+]([O-])c1cc2[nH]c1[c]([Al])c1nc([c]([Al])c3nc([c]([Al])c4ccc([nH]4)[c]2[Al])C=C3)C=C1. The van der Waals surface area contributed by atoms with Gasteiger partial charge in [0.25, 0.3) is 5.69 Å². The van der Waals surface area contributed by atoms with Crippen molar-refractivity contribution in [3.8, 4) is 0 Å². The molecular formula is C20H9Al4N5O2. The zero-order valence-electron chi connectivity index (χ0n) is 16.0. The second kappa shape index (κ2) is 7.92. The number of fused-ring (bicyclic) bond motifs is 8. The zero-order valence-corrected chi connectivity index (χ0v) is 20.6. The van der Waals surface area contributed by atoms with Crippen molar-refractivity contribution in [3.63, 3.8) is 0 Å². The fraction of sp³-hybridized carbons (Fsp3) is 0. The molecule has 2 aliphatic heterocycles. The third-order valence-electron chi connectivity index (χ3n) is 5.20. The number of rotatable bonds is 1. The maximum atomic E-state index is 11.8. The van der Waals surface area contributed by atoms with Gasteiger partial charge in [0.05, 0.1) is 27.7 Å². The molecule has 0 saturated carbocycles. The van der Waals surface area contributed by atoms with Crippen LogP contribution in [0.4, 0.5) is 5.69 Å². The molecule has 0 atom stereocenters. The Morgan fingerprint density at radius 1 is 0.710 bits per heavy atom. The van der Waals surface area contributed by atoms with E-state index in [4.69, 9.17) is 9.97 Å². The summed E-state index contributed by atoms with van der Waals surface area (Å²) in [6, 6.07) is 5.46. The lowest BCUT2D eigenvalue weighted by Crippen LogP contribution is -2.14. The fourth-order valence-electron chi connectivity index (χ4n) is 3.51. The van der Waals surface area contributed by atoms with Gasteiger partial charge in [-0.25, -0.2) is 0 Å². The Morgan fingerprint density at radius 2 is 1.23 bits per heavy atom. The third-order valence-corrected chi connectivity index (χ3v) is 7.61. The monoisotopic (exact) mass is 459 g/mol. The molecule has 138 valence electrons. The lowest BCUT2D eigenvalue weighted by atomic mass is 10.3. The molecule has 0 unspecified atom stereocenters. The summed E-state index contributed by atoms with van der Waals surface area (Å²) in [5.41, 5.74) is 5.80. The molecule has 0 aliphatic carbocycles. The molecule has 0 amide bonds. The van der Waals surface area contributed by atoms with Gasteiger partial charge in [0.15, 0.2) is 65.2 Å². The molecule has 5 rings (SSSR count). The molecule has 8 bridgehead atoms. The van der Waals surface area contributed by atoms with Crippen LogP contribution in [0.15, 0.2) is 18.2 Å². The molecule has 8 radical (unpaired) electrons. The number of nitrogens with one attached hydrogen (secondary N) is 2. The van der Waals surface area contributed by atoms with Gasteiger partial charge in [0, 0.05) is 22.6 Å². The van der Waals surface area contributed by atoms with Crippen molar-refractivity contribution in [1.82, 2.24) is 19.9 Å². The summed E-state index contributed by atoms with van der Waals surface area (Å²) in [6.45, 7) is 0. The quantitative estimate of drug-likeness (QED) is 0.205. The Morgan fingerprint density at radius 3 is 1.81 bits per heavy atom. The molecular weight excluding hydrogens is 450 g/mol. The molecule has 3 aromatic heterocycles. The molecule has 2 N–H and O–H groups in total. The van der Waals surface area contributed by atoms with E-state index in [1.807, 2.05) is 36.4 Å². The topological polar surface area (TPSA) is 100 Å². The van der Waals surface area contributed by atoms with Gasteiger partial charge in [-0.05, 0) is 36.4 Å². The number of aromatic nitrogens is 4. The van der Waals surface area contributed by atoms with E-state index in [9.17, 15) is 10.1 Å². The highest BCUT2D eigenvalue weighted by Gasteiger charge is 2.17. The van der Waals surface area contributed by atoms with Crippen LogP contribution in [-0.4, -0.2) is 90.0 Å². The van der Waals surface area contributed by atoms with Gasteiger partial charge in [-0.1, -0.05) is 17.7 Å². The summed E-state index contributed by atoms with van der Waals surface area (Å²) >= 11 is 10.7. The first-order valence-corrected chi connectivity index (χ1v) is 11.5. The highest BCUT2D eigenvalue weighted by atomic mass is 27.1. The van der Waals surface area contributed by atoms with Gasteiger partial charge in [-0.15, -0.1) is 0 Å². The molecule has 2 aliphatic rings. The van der Waals surface area contributed by atoms with Crippen LogP contribution >= 0.6 is 0 Å². The maximum absolute atomic E-state index is 11.8. The van der Waals surface area contributed by atoms with E-state index in [-0.39, 0.29) is 10.6 Å². The largest absolute Gasteiger partial charge is 0.357 e. The van der Waals surface area contributed by atoms with Crippen LogP contribution in [-0.2, 0) is 0 Å². The number of hydrogen-bond donors (Lipinski definition) is 2. The lowest BCUT2D eigenvalue weighted by Gasteiger charge is -1.99. The van der Waals surface area contributed by atoms with Gasteiger partial charge in [0.1, 0.15) is 5.52 Å². The van der Waals surface area contributed by atoms with Crippen molar-refractivity contribution in [2.75, 3.05) is 0 Å². The Hall–Kier alpha value is -1.87. The molecule has 5 heterocycles. The van der Waals surface area contributed by atoms with Crippen LogP contribution in [0, 0.1) is 10.1 Å². The summed E-state index contributed by atoms with van der Waals surface area (Å²) in [7, 11) is 0. The van der Waals surface area contributed by atoms with Crippen LogP contribution in [0.3, 0.4) is 0 Å². The summed E-state index contributed by atoms with van der Waals surface area (Å²) in [5.74, 6) is 0. The zero-order chi connectivity index (χ0) is 21.9. The fourth-order valence-corrected chi connectivity index (χ4v) is 4.87. The number of H-pyrrole nitrogens is 2. The van der Waals surface area contributed by atoms with Crippen molar-refractivity contribution >= 4 is 135 Å². The van der Waals surface area contributed by atoms with Crippen LogP contribution in [0.2, 0.25) is 0 Å². The van der Waals surface area contributed by atoms with Crippen LogP contribution in [0.5, 0.6) is 0 Å². The molecule has 7 nitrogen and oxygen atoms in total. The Balaban J connectivity index is 2.00. The van der Waals surface area contributed by atoms with Crippen molar-refractivity contribution < 1.29 is 4.92 Å². The average molecular weight is 459 g/mol. The average Bonchev–Trinajstić information content (AvgIpc) is 3.55. The van der Waals surface area contributed by atoms with Crippen molar-refractivity contribution in [2.45, 2.75) is 0 Å². The predicted octanol–water partition coefficient (Wildman–Crippen LogP) is -0.261. The van der Waals surface area contributed by atoms with E-state index >= 15 is 0 Å². The van der Waals surface area contributed by atoms with Crippen molar-refractivity contribution in [1.29, 1.82) is 0 Å².